The van der Waals surface area contributed by atoms with Crippen molar-refractivity contribution >= 4 is 16.9 Å². The molecule has 1 saturated carbocycles. The molecule has 0 radical (unpaired) electrons. The monoisotopic (exact) mass is 285 g/mol. The zero-order valence-corrected chi connectivity index (χ0v) is 11.9. The number of pyridine rings is 1. The molecule has 3 rings (SSSR count). The first kappa shape index (κ1) is 13.9. The Morgan fingerprint density at radius 1 is 1.19 bits per heavy atom. The number of carbonyl (C=O) groups is 1. The standard InChI is InChI=1S/C17H19NO3/c19-16(21-14-7-2-1-3-8-14)11-13-10-12-6-4-5-9-15(12)18-17(13)20/h4-6,9-10,14H,1-3,7-8,11H2,(H,18,20). The molecule has 1 fully saturated rings. The molecule has 0 bridgehead atoms. The molecule has 4 heteroatoms. The summed E-state index contributed by atoms with van der Waals surface area (Å²) < 4.78 is 5.47. The van der Waals surface area contributed by atoms with Gasteiger partial charge >= 0.3 is 5.97 Å². The minimum Gasteiger partial charge on any atom is -0.462 e. The molecule has 1 aliphatic rings. The predicted octanol–water partition coefficient (Wildman–Crippen LogP) is 2.95. The molecular formula is C17H19NO3. The SMILES string of the molecule is O=C(Cc1cc2ccccc2[nH]c1=O)OC1CCCCC1. The van der Waals surface area contributed by atoms with Crippen molar-refractivity contribution in [2.45, 2.75) is 44.6 Å². The van der Waals surface area contributed by atoms with Crippen LogP contribution in [0, 0.1) is 0 Å². The minimum atomic E-state index is -0.303. The Bertz CT molecular complexity index is 698. The van der Waals surface area contributed by atoms with Gasteiger partial charge in [0.25, 0.3) is 5.56 Å². The Hall–Kier alpha value is -2.10. The van der Waals surface area contributed by atoms with Crippen molar-refractivity contribution in [3.05, 3.63) is 46.2 Å². The number of aromatic amines is 1. The number of ether oxygens (including phenoxy) is 1. The predicted molar refractivity (Wildman–Crippen MR) is 81.2 cm³/mol. The van der Waals surface area contributed by atoms with Gasteiger partial charge < -0.3 is 9.72 Å². The Kier molecular flexibility index (Phi) is 4.04. The van der Waals surface area contributed by atoms with E-state index in [9.17, 15) is 9.59 Å². The number of nitrogens with one attached hydrogen (secondary N) is 1. The summed E-state index contributed by atoms with van der Waals surface area (Å²) >= 11 is 0. The van der Waals surface area contributed by atoms with Crippen LogP contribution in [0.2, 0.25) is 0 Å². The highest BCUT2D eigenvalue weighted by Crippen LogP contribution is 2.20. The Morgan fingerprint density at radius 2 is 1.95 bits per heavy atom. The van der Waals surface area contributed by atoms with Crippen molar-refractivity contribution in [3.8, 4) is 0 Å². The smallest absolute Gasteiger partial charge is 0.310 e. The van der Waals surface area contributed by atoms with Gasteiger partial charge in [-0.1, -0.05) is 24.6 Å². The van der Waals surface area contributed by atoms with E-state index in [4.69, 9.17) is 4.74 Å². The summed E-state index contributed by atoms with van der Waals surface area (Å²) in [5.74, 6) is -0.303. The summed E-state index contributed by atoms with van der Waals surface area (Å²) in [6.45, 7) is 0. The topological polar surface area (TPSA) is 59.2 Å². The molecule has 0 atom stereocenters. The highest BCUT2D eigenvalue weighted by molar-refractivity contribution is 5.80. The molecule has 0 unspecified atom stereocenters. The van der Waals surface area contributed by atoms with Crippen LogP contribution in [0.4, 0.5) is 0 Å². The second-order valence-corrected chi connectivity index (χ2v) is 5.64. The lowest BCUT2D eigenvalue weighted by molar-refractivity contribution is -0.149. The molecular weight excluding hydrogens is 266 g/mol. The maximum atomic E-state index is 12.0. The number of rotatable bonds is 3. The molecule has 1 aromatic carbocycles. The van der Waals surface area contributed by atoms with Gasteiger partial charge in [-0.05, 0) is 43.2 Å². The van der Waals surface area contributed by atoms with Gasteiger partial charge in [0.05, 0.1) is 6.42 Å². The summed E-state index contributed by atoms with van der Waals surface area (Å²) in [6, 6.07) is 9.32. The van der Waals surface area contributed by atoms with Gasteiger partial charge in [0, 0.05) is 11.1 Å². The lowest BCUT2D eigenvalue weighted by Gasteiger charge is -2.21. The first-order chi connectivity index (χ1) is 10.2. The van der Waals surface area contributed by atoms with E-state index >= 15 is 0 Å². The molecule has 0 spiro atoms. The molecule has 21 heavy (non-hydrogen) atoms. The van der Waals surface area contributed by atoms with E-state index < -0.39 is 0 Å². The van der Waals surface area contributed by atoms with Crippen molar-refractivity contribution in [1.82, 2.24) is 4.98 Å². The number of hydrogen-bond donors (Lipinski definition) is 1. The highest BCUT2D eigenvalue weighted by Gasteiger charge is 2.18. The lowest BCUT2D eigenvalue weighted by Crippen LogP contribution is -2.24. The molecule has 0 amide bonds. The van der Waals surface area contributed by atoms with Crippen LogP contribution in [0.5, 0.6) is 0 Å². The number of hydrogen-bond acceptors (Lipinski definition) is 3. The third-order valence-corrected chi connectivity index (χ3v) is 4.02. The summed E-state index contributed by atoms with van der Waals surface area (Å²) in [5.41, 5.74) is 1.04. The van der Waals surface area contributed by atoms with Crippen LogP contribution >= 0.6 is 0 Å². The van der Waals surface area contributed by atoms with E-state index in [0.717, 1.165) is 36.6 Å². The number of benzene rings is 1. The molecule has 1 N–H and O–H groups in total. The average Bonchev–Trinajstić information content (AvgIpc) is 2.49. The second kappa shape index (κ2) is 6.12. The van der Waals surface area contributed by atoms with Gasteiger partial charge in [0.1, 0.15) is 6.10 Å². The quantitative estimate of drug-likeness (QED) is 0.882. The largest absolute Gasteiger partial charge is 0.462 e. The van der Waals surface area contributed by atoms with Crippen LogP contribution in [0.25, 0.3) is 10.9 Å². The second-order valence-electron chi connectivity index (χ2n) is 5.64. The molecule has 4 nitrogen and oxygen atoms in total. The van der Waals surface area contributed by atoms with Crippen molar-refractivity contribution < 1.29 is 9.53 Å². The Morgan fingerprint density at radius 3 is 2.76 bits per heavy atom. The van der Waals surface area contributed by atoms with Gasteiger partial charge in [-0.25, -0.2) is 0 Å². The summed E-state index contributed by atoms with van der Waals surface area (Å²) in [7, 11) is 0. The number of aromatic nitrogens is 1. The van der Waals surface area contributed by atoms with Crippen LogP contribution in [-0.4, -0.2) is 17.1 Å². The third kappa shape index (κ3) is 3.32. The molecule has 1 aliphatic carbocycles. The van der Waals surface area contributed by atoms with Gasteiger partial charge in [-0.15, -0.1) is 0 Å². The molecule has 1 heterocycles. The molecule has 0 aliphatic heterocycles. The van der Waals surface area contributed by atoms with E-state index in [2.05, 4.69) is 4.98 Å². The average molecular weight is 285 g/mol. The Balaban J connectivity index is 1.73. The van der Waals surface area contributed by atoms with Gasteiger partial charge in [-0.2, -0.15) is 0 Å². The first-order valence-corrected chi connectivity index (χ1v) is 7.53. The van der Waals surface area contributed by atoms with E-state index in [1.165, 1.54) is 6.42 Å². The van der Waals surface area contributed by atoms with Crippen molar-refractivity contribution in [3.63, 3.8) is 0 Å². The zero-order valence-electron chi connectivity index (χ0n) is 11.9. The zero-order chi connectivity index (χ0) is 14.7. The van der Waals surface area contributed by atoms with Crippen LogP contribution in [0.15, 0.2) is 35.1 Å². The number of fused-ring (bicyclic) bond motifs is 1. The lowest BCUT2D eigenvalue weighted by atomic mass is 9.98. The molecule has 1 aromatic heterocycles. The minimum absolute atomic E-state index is 0.0331. The van der Waals surface area contributed by atoms with Crippen molar-refractivity contribution in [2.75, 3.05) is 0 Å². The van der Waals surface area contributed by atoms with Gasteiger partial charge in [0.15, 0.2) is 0 Å². The number of H-pyrrole nitrogens is 1. The number of esters is 1. The first-order valence-electron chi connectivity index (χ1n) is 7.53. The number of para-hydroxylation sites is 1. The summed E-state index contributed by atoms with van der Waals surface area (Å²) in [6.07, 6.45) is 5.42. The fourth-order valence-corrected chi connectivity index (χ4v) is 2.89. The van der Waals surface area contributed by atoms with Crippen LogP contribution in [0.3, 0.4) is 0 Å². The maximum Gasteiger partial charge on any atom is 0.310 e. The van der Waals surface area contributed by atoms with Crippen LogP contribution in [-0.2, 0) is 16.0 Å². The molecule has 2 aromatic rings. The van der Waals surface area contributed by atoms with Crippen LogP contribution in [0.1, 0.15) is 37.7 Å². The fraction of sp³-hybridized carbons (Fsp3) is 0.412. The molecule has 0 saturated heterocycles. The summed E-state index contributed by atoms with van der Waals surface area (Å²) in [4.78, 5) is 26.8. The van der Waals surface area contributed by atoms with E-state index in [-0.39, 0.29) is 24.1 Å². The van der Waals surface area contributed by atoms with E-state index in [1.807, 2.05) is 24.3 Å². The molecule has 110 valence electrons. The third-order valence-electron chi connectivity index (χ3n) is 4.02. The van der Waals surface area contributed by atoms with E-state index in [1.54, 1.807) is 6.07 Å². The van der Waals surface area contributed by atoms with Gasteiger partial charge in [-0.3, -0.25) is 9.59 Å². The normalized spacial score (nSPS) is 16.0. The fourth-order valence-electron chi connectivity index (χ4n) is 2.89. The number of carbonyl (C=O) groups excluding carboxylic acids is 1. The van der Waals surface area contributed by atoms with Crippen molar-refractivity contribution in [1.29, 1.82) is 0 Å². The highest BCUT2D eigenvalue weighted by atomic mass is 16.5. The maximum absolute atomic E-state index is 12.0. The Labute approximate surface area is 123 Å². The van der Waals surface area contributed by atoms with Gasteiger partial charge in [0.2, 0.25) is 0 Å². The summed E-state index contributed by atoms with van der Waals surface area (Å²) in [5, 5.41) is 0.928. The van der Waals surface area contributed by atoms with E-state index in [0.29, 0.717) is 5.56 Å². The van der Waals surface area contributed by atoms with Crippen molar-refractivity contribution in [2.24, 2.45) is 0 Å². The van der Waals surface area contributed by atoms with Crippen LogP contribution < -0.4 is 5.56 Å².